The zero-order chi connectivity index (χ0) is 37.4. The Labute approximate surface area is 306 Å². The third-order valence-corrected chi connectivity index (χ3v) is 9.67. The molecule has 7 rings (SSSR count). The van der Waals surface area contributed by atoms with Gasteiger partial charge in [0.05, 0.1) is 22.4 Å². The molecule has 3 N–H and O–H groups in total. The summed E-state index contributed by atoms with van der Waals surface area (Å²) in [6.45, 7) is 1.86. The van der Waals surface area contributed by atoms with Crippen molar-refractivity contribution >= 4 is 52.6 Å². The van der Waals surface area contributed by atoms with Gasteiger partial charge in [-0.1, -0.05) is 6.07 Å². The molecule has 4 aromatic rings. The van der Waals surface area contributed by atoms with E-state index in [1.165, 1.54) is 30.5 Å². The number of aromatic nitrogens is 3. The molecule has 2 saturated heterocycles. The number of H-pyrrole nitrogens is 1. The number of halogens is 3. The van der Waals surface area contributed by atoms with Crippen LogP contribution in [0.1, 0.15) is 62.3 Å². The van der Waals surface area contributed by atoms with Gasteiger partial charge in [0.15, 0.2) is 0 Å². The number of benzene rings is 2. The van der Waals surface area contributed by atoms with Gasteiger partial charge < -0.3 is 15.0 Å². The SMILES string of the molecule is CN(Cc1ccc2c(c1)C(=O)N(C1CCC(=O)NC1=O)C2=O)C1CCN(c2ncc(C(=O)Nc3ccc(OC(F)(F)Cl)cc3)cc2-c2ccn[nH]2)CC1. The first kappa shape index (κ1) is 35.7. The Morgan fingerprint density at radius 2 is 1.74 bits per heavy atom. The fraction of sp³-hybridized carbons (Fsp3) is 0.306. The summed E-state index contributed by atoms with van der Waals surface area (Å²) in [6.07, 6.45) is 4.83. The molecule has 0 aliphatic carbocycles. The maximum absolute atomic E-state index is 13.3. The van der Waals surface area contributed by atoms with E-state index in [0.717, 1.165) is 23.3 Å². The van der Waals surface area contributed by atoms with Crippen molar-refractivity contribution in [3.05, 3.63) is 89.2 Å². The van der Waals surface area contributed by atoms with Gasteiger partial charge in [-0.15, -0.1) is 8.78 Å². The van der Waals surface area contributed by atoms with Crippen LogP contribution < -0.4 is 20.3 Å². The van der Waals surface area contributed by atoms with E-state index < -0.39 is 41.1 Å². The molecule has 5 heterocycles. The summed E-state index contributed by atoms with van der Waals surface area (Å²) in [6, 6.07) is 13.2. The van der Waals surface area contributed by atoms with E-state index >= 15 is 0 Å². The van der Waals surface area contributed by atoms with Gasteiger partial charge in [-0.2, -0.15) is 5.10 Å². The predicted octanol–water partition coefficient (Wildman–Crippen LogP) is 4.39. The van der Waals surface area contributed by atoms with Crippen molar-refractivity contribution in [2.24, 2.45) is 0 Å². The second-order valence-electron chi connectivity index (χ2n) is 13.1. The number of hydrogen-bond acceptors (Lipinski definition) is 10. The van der Waals surface area contributed by atoms with E-state index in [-0.39, 0.29) is 41.3 Å². The topological polar surface area (TPSA) is 170 Å². The van der Waals surface area contributed by atoms with Crippen LogP contribution in [0.2, 0.25) is 0 Å². The molecule has 0 bridgehead atoms. The quantitative estimate of drug-likeness (QED) is 0.156. The van der Waals surface area contributed by atoms with Crippen LogP contribution >= 0.6 is 11.6 Å². The number of nitrogens with one attached hydrogen (secondary N) is 3. The number of aromatic amines is 1. The van der Waals surface area contributed by atoms with E-state index in [4.69, 9.17) is 11.6 Å². The molecule has 53 heavy (non-hydrogen) atoms. The van der Waals surface area contributed by atoms with Crippen LogP contribution in [0.3, 0.4) is 0 Å². The third-order valence-electron chi connectivity index (χ3n) is 9.59. The van der Waals surface area contributed by atoms with Gasteiger partial charge in [-0.3, -0.25) is 44.2 Å². The minimum atomic E-state index is -3.85. The van der Waals surface area contributed by atoms with Crippen LogP contribution in [0.15, 0.2) is 67.0 Å². The lowest BCUT2D eigenvalue weighted by molar-refractivity contribution is -0.136. The number of carbonyl (C=O) groups is 5. The van der Waals surface area contributed by atoms with E-state index in [2.05, 4.69) is 40.4 Å². The molecular formula is C36H33ClF2N8O6. The highest BCUT2D eigenvalue weighted by Gasteiger charge is 2.44. The number of ether oxygens (including phenoxy) is 1. The van der Waals surface area contributed by atoms with Gasteiger partial charge in [-0.25, -0.2) is 4.98 Å². The molecule has 2 aromatic heterocycles. The first-order chi connectivity index (χ1) is 25.3. The summed E-state index contributed by atoms with van der Waals surface area (Å²) >= 11 is 4.82. The molecule has 2 fully saturated rings. The first-order valence-electron chi connectivity index (χ1n) is 16.8. The zero-order valence-corrected chi connectivity index (χ0v) is 29.0. The van der Waals surface area contributed by atoms with Gasteiger partial charge >= 0.3 is 5.57 Å². The van der Waals surface area contributed by atoms with Crippen LogP contribution in [-0.2, 0) is 16.1 Å². The van der Waals surface area contributed by atoms with Gasteiger partial charge in [0.2, 0.25) is 11.8 Å². The van der Waals surface area contributed by atoms with Crippen LogP contribution in [0, 0.1) is 0 Å². The average molecular weight is 747 g/mol. The van der Waals surface area contributed by atoms with Gasteiger partial charge in [-0.05, 0) is 80.4 Å². The summed E-state index contributed by atoms with van der Waals surface area (Å²) < 4.78 is 30.2. The number of rotatable bonds is 10. The Bertz CT molecular complexity index is 2080. The predicted molar refractivity (Wildman–Crippen MR) is 187 cm³/mol. The molecule has 5 amide bonds. The Kier molecular flexibility index (Phi) is 9.65. The van der Waals surface area contributed by atoms with Gasteiger partial charge in [0.1, 0.15) is 17.6 Å². The number of alkyl halides is 3. The molecule has 0 saturated carbocycles. The molecule has 1 atom stereocenters. The smallest absolute Gasteiger partial charge is 0.420 e. The van der Waals surface area contributed by atoms with Crippen molar-refractivity contribution in [1.29, 1.82) is 0 Å². The lowest BCUT2D eigenvalue weighted by atomic mass is 10.0. The minimum absolute atomic E-state index is 0.0561. The van der Waals surface area contributed by atoms with Crippen LogP contribution in [-0.4, -0.2) is 92.3 Å². The Hall–Kier alpha value is -5.74. The first-order valence-corrected chi connectivity index (χ1v) is 17.2. The molecular weight excluding hydrogens is 714 g/mol. The number of imide groups is 2. The summed E-state index contributed by atoms with van der Waals surface area (Å²) in [7, 11) is 2.01. The number of anilines is 2. The largest absolute Gasteiger partial charge is 0.487 e. The number of pyridine rings is 1. The average Bonchev–Trinajstić information content (AvgIpc) is 3.75. The monoisotopic (exact) mass is 746 g/mol. The zero-order valence-electron chi connectivity index (χ0n) is 28.3. The summed E-state index contributed by atoms with van der Waals surface area (Å²) in [5, 5.41) is 12.0. The van der Waals surface area contributed by atoms with E-state index in [1.54, 1.807) is 30.5 Å². The molecule has 0 radical (unpaired) electrons. The van der Waals surface area contributed by atoms with Crippen LogP contribution in [0.5, 0.6) is 5.75 Å². The van der Waals surface area contributed by atoms with E-state index in [1.807, 2.05) is 13.1 Å². The number of piperidine rings is 2. The second kappa shape index (κ2) is 14.4. The highest BCUT2D eigenvalue weighted by atomic mass is 35.5. The highest BCUT2D eigenvalue weighted by Crippen LogP contribution is 2.33. The molecule has 14 nitrogen and oxygen atoms in total. The number of hydrogen-bond donors (Lipinski definition) is 3. The molecule has 0 spiro atoms. The van der Waals surface area contributed by atoms with Crippen molar-refractivity contribution in [3.63, 3.8) is 0 Å². The molecule has 274 valence electrons. The van der Waals surface area contributed by atoms with E-state index in [9.17, 15) is 32.8 Å². The molecule has 3 aliphatic rings. The van der Waals surface area contributed by atoms with Crippen molar-refractivity contribution in [2.45, 2.75) is 49.9 Å². The number of fused-ring (bicyclic) bond motifs is 1. The highest BCUT2D eigenvalue weighted by molar-refractivity contribution is 6.23. The van der Waals surface area contributed by atoms with Crippen molar-refractivity contribution < 1.29 is 37.5 Å². The van der Waals surface area contributed by atoms with Gasteiger partial charge in [0, 0.05) is 67.3 Å². The summed E-state index contributed by atoms with van der Waals surface area (Å²) in [5.41, 5.74) is -0.540. The Balaban J connectivity index is 0.993. The standard InChI is InChI=1S/C36H33ClF2N8O6/c1-45(19-20-2-7-25-26(16-20)35(52)47(34(25)51)29-8-9-30(48)43-33(29)50)23-11-14-46(15-12-23)31-27(28-10-13-41-44-28)17-21(18-40-31)32(49)42-22-3-5-24(6-4-22)53-36(37,38)39/h2-7,10,13,16-18,23,29H,8-9,11-12,14-15,19H2,1H3,(H,41,44)(H,42,49)(H,43,48,50). The second-order valence-corrected chi connectivity index (χ2v) is 13.5. The lowest BCUT2D eigenvalue weighted by Crippen LogP contribution is -2.54. The maximum atomic E-state index is 13.3. The van der Waals surface area contributed by atoms with Crippen molar-refractivity contribution in [3.8, 4) is 17.0 Å². The van der Waals surface area contributed by atoms with Crippen LogP contribution in [0.25, 0.3) is 11.3 Å². The maximum Gasteiger partial charge on any atom is 0.487 e. The van der Waals surface area contributed by atoms with Gasteiger partial charge in [0.25, 0.3) is 17.7 Å². The van der Waals surface area contributed by atoms with Crippen molar-refractivity contribution in [2.75, 3.05) is 30.4 Å². The summed E-state index contributed by atoms with van der Waals surface area (Å²) in [4.78, 5) is 73.6. The van der Waals surface area contributed by atoms with Crippen molar-refractivity contribution in [1.82, 2.24) is 30.3 Å². The fourth-order valence-corrected chi connectivity index (χ4v) is 7.02. The number of amides is 5. The molecule has 17 heteroatoms. The minimum Gasteiger partial charge on any atom is -0.420 e. The molecule has 3 aliphatic heterocycles. The molecule has 2 aromatic carbocycles. The Morgan fingerprint density at radius 1 is 1.00 bits per heavy atom. The van der Waals surface area contributed by atoms with Crippen LogP contribution in [0.4, 0.5) is 20.3 Å². The summed E-state index contributed by atoms with van der Waals surface area (Å²) in [5.74, 6) is -2.09. The normalized spacial score (nSPS) is 18.0. The molecule has 1 unspecified atom stereocenters. The third kappa shape index (κ3) is 7.59. The lowest BCUT2D eigenvalue weighted by Gasteiger charge is -2.38. The number of carbonyl (C=O) groups excluding carboxylic acids is 5. The van der Waals surface area contributed by atoms with E-state index in [0.29, 0.717) is 42.4 Å². The Morgan fingerprint density at radius 3 is 2.42 bits per heavy atom. The number of nitrogens with zero attached hydrogens (tertiary/aromatic N) is 5. The fourth-order valence-electron chi connectivity index (χ4n) is 6.93.